The summed E-state index contributed by atoms with van der Waals surface area (Å²) in [6, 6.07) is 7.36. The highest BCUT2D eigenvalue weighted by atomic mass is 35.5. The highest BCUT2D eigenvalue weighted by Crippen LogP contribution is 2.17. The van der Waals surface area contributed by atoms with E-state index in [0.29, 0.717) is 11.4 Å². The lowest BCUT2D eigenvalue weighted by molar-refractivity contribution is 0.0988. The zero-order valence-electron chi connectivity index (χ0n) is 9.77. The lowest BCUT2D eigenvalue weighted by Crippen LogP contribution is -1.99. The topological polar surface area (TPSA) is 34.9 Å². The first-order valence-electron chi connectivity index (χ1n) is 5.47. The van der Waals surface area contributed by atoms with Crippen molar-refractivity contribution in [2.75, 3.05) is 0 Å². The van der Waals surface area contributed by atoms with E-state index in [9.17, 15) is 4.79 Å². The van der Waals surface area contributed by atoms with Gasteiger partial charge in [0.2, 0.25) is 0 Å². The van der Waals surface area contributed by atoms with Crippen LogP contribution in [-0.2, 0) is 0 Å². The van der Waals surface area contributed by atoms with E-state index < -0.39 is 0 Å². The van der Waals surface area contributed by atoms with Gasteiger partial charge in [0.05, 0.1) is 16.4 Å². The van der Waals surface area contributed by atoms with Gasteiger partial charge in [0, 0.05) is 18.2 Å². The molecule has 0 saturated carbocycles. The van der Waals surface area contributed by atoms with Gasteiger partial charge in [-0.3, -0.25) is 4.79 Å². The van der Waals surface area contributed by atoms with E-state index in [1.54, 1.807) is 10.9 Å². The summed E-state index contributed by atoms with van der Waals surface area (Å²) < 4.78 is 1.71. The minimum absolute atomic E-state index is 0.145. The number of hydrogen-bond donors (Lipinski definition) is 0. The Morgan fingerprint density at radius 1 is 1.35 bits per heavy atom. The average molecular weight is 249 g/mol. The molecule has 0 fully saturated rings. The molecule has 0 bridgehead atoms. The second-order valence-corrected chi connectivity index (χ2v) is 4.24. The number of Topliss-reactive ketones (excluding diaryl/α,β-unsaturated/α-hetero) is 1. The Kier molecular flexibility index (Phi) is 3.29. The predicted molar refractivity (Wildman–Crippen MR) is 67.9 cm³/mol. The molecule has 0 atom stereocenters. The van der Waals surface area contributed by atoms with Gasteiger partial charge in [-0.05, 0) is 31.2 Å². The van der Waals surface area contributed by atoms with Gasteiger partial charge in [0.15, 0.2) is 5.78 Å². The number of nitrogens with zero attached hydrogens (tertiary/aromatic N) is 2. The second kappa shape index (κ2) is 4.72. The Balaban J connectivity index is 2.32. The van der Waals surface area contributed by atoms with Gasteiger partial charge in [-0.2, -0.15) is 5.10 Å². The SMILES string of the molecule is CCC(=O)c1ccc(-n2cc(Cl)c(C)n2)cc1. The molecule has 1 aromatic heterocycles. The van der Waals surface area contributed by atoms with Gasteiger partial charge < -0.3 is 0 Å². The van der Waals surface area contributed by atoms with Crippen molar-refractivity contribution in [1.82, 2.24) is 9.78 Å². The molecule has 0 aliphatic carbocycles. The number of aryl methyl sites for hydroxylation is 1. The van der Waals surface area contributed by atoms with Gasteiger partial charge >= 0.3 is 0 Å². The summed E-state index contributed by atoms with van der Waals surface area (Å²) in [4.78, 5) is 11.5. The highest BCUT2D eigenvalue weighted by Gasteiger charge is 2.06. The fourth-order valence-corrected chi connectivity index (χ4v) is 1.71. The number of aromatic nitrogens is 2. The van der Waals surface area contributed by atoms with Crippen LogP contribution in [0.2, 0.25) is 5.02 Å². The van der Waals surface area contributed by atoms with Crippen LogP contribution in [0.25, 0.3) is 5.69 Å². The molecule has 17 heavy (non-hydrogen) atoms. The van der Waals surface area contributed by atoms with Crippen molar-refractivity contribution in [1.29, 1.82) is 0 Å². The Bertz CT molecular complexity index is 524. The molecule has 0 N–H and O–H groups in total. The maximum atomic E-state index is 11.5. The molecule has 4 heteroatoms. The number of rotatable bonds is 3. The highest BCUT2D eigenvalue weighted by molar-refractivity contribution is 6.31. The number of carbonyl (C=O) groups is 1. The van der Waals surface area contributed by atoms with E-state index in [1.807, 2.05) is 38.1 Å². The van der Waals surface area contributed by atoms with Crippen LogP contribution in [0.1, 0.15) is 29.4 Å². The number of halogens is 1. The Labute approximate surface area is 105 Å². The normalized spacial score (nSPS) is 10.5. The number of ketones is 1. The summed E-state index contributed by atoms with van der Waals surface area (Å²) in [6.07, 6.45) is 2.28. The first-order valence-corrected chi connectivity index (χ1v) is 5.85. The zero-order chi connectivity index (χ0) is 12.4. The van der Waals surface area contributed by atoms with Crippen LogP contribution in [0.4, 0.5) is 0 Å². The molecule has 2 aromatic rings. The smallest absolute Gasteiger partial charge is 0.162 e. The summed E-state index contributed by atoms with van der Waals surface area (Å²) in [6.45, 7) is 3.71. The monoisotopic (exact) mass is 248 g/mol. The van der Waals surface area contributed by atoms with Crippen LogP contribution in [0, 0.1) is 6.92 Å². The van der Waals surface area contributed by atoms with Gasteiger partial charge in [0.1, 0.15) is 0 Å². The Morgan fingerprint density at radius 3 is 2.47 bits per heavy atom. The van der Waals surface area contributed by atoms with Crippen molar-refractivity contribution in [3.05, 3.63) is 46.7 Å². The van der Waals surface area contributed by atoms with Crippen LogP contribution < -0.4 is 0 Å². The maximum Gasteiger partial charge on any atom is 0.162 e. The molecule has 0 radical (unpaired) electrons. The molecule has 0 amide bonds. The number of benzene rings is 1. The molecule has 0 aliphatic heterocycles. The molecule has 0 unspecified atom stereocenters. The standard InChI is InChI=1S/C13H13ClN2O/c1-3-13(17)10-4-6-11(7-5-10)16-8-12(14)9(2)15-16/h4-8H,3H2,1-2H3. The molecular formula is C13H13ClN2O. The first-order chi connectivity index (χ1) is 8.11. The van der Waals surface area contributed by atoms with Crippen molar-refractivity contribution in [2.24, 2.45) is 0 Å². The van der Waals surface area contributed by atoms with Crippen molar-refractivity contribution in [3.8, 4) is 5.69 Å². The number of carbonyl (C=O) groups excluding carboxylic acids is 1. The predicted octanol–water partition coefficient (Wildman–Crippen LogP) is 3.43. The molecule has 0 spiro atoms. The van der Waals surface area contributed by atoms with Gasteiger partial charge in [-0.15, -0.1) is 0 Å². The van der Waals surface area contributed by atoms with Crippen LogP contribution >= 0.6 is 11.6 Å². The van der Waals surface area contributed by atoms with Crippen molar-refractivity contribution < 1.29 is 4.79 Å². The molecule has 0 saturated heterocycles. The fourth-order valence-electron chi connectivity index (χ4n) is 1.58. The maximum absolute atomic E-state index is 11.5. The van der Waals surface area contributed by atoms with Crippen LogP contribution in [0.5, 0.6) is 0 Å². The van der Waals surface area contributed by atoms with E-state index in [4.69, 9.17) is 11.6 Å². The van der Waals surface area contributed by atoms with E-state index in [-0.39, 0.29) is 5.78 Å². The minimum Gasteiger partial charge on any atom is -0.294 e. The van der Waals surface area contributed by atoms with Crippen molar-refractivity contribution >= 4 is 17.4 Å². The largest absolute Gasteiger partial charge is 0.294 e. The molecular weight excluding hydrogens is 236 g/mol. The van der Waals surface area contributed by atoms with Gasteiger partial charge in [0.25, 0.3) is 0 Å². The molecule has 1 heterocycles. The molecule has 2 rings (SSSR count). The zero-order valence-corrected chi connectivity index (χ0v) is 10.5. The van der Waals surface area contributed by atoms with E-state index in [2.05, 4.69) is 5.10 Å². The average Bonchev–Trinajstić information content (AvgIpc) is 2.69. The summed E-state index contributed by atoms with van der Waals surface area (Å²) in [5, 5.41) is 4.91. The van der Waals surface area contributed by atoms with E-state index >= 15 is 0 Å². The molecule has 88 valence electrons. The summed E-state index contributed by atoms with van der Waals surface area (Å²) in [5.74, 6) is 0.145. The van der Waals surface area contributed by atoms with Crippen LogP contribution in [0.3, 0.4) is 0 Å². The quantitative estimate of drug-likeness (QED) is 0.780. The second-order valence-electron chi connectivity index (χ2n) is 3.83. The van der Waals surface area contributed by atoms with E-state index in [0.717, 1.165) is 16.9 Å². The van der Waals surface area contributed by atoms with Crippen LogP contribution in [-0.4, -0.2) is 15.6 Å². The third kappa shape index (κ3) is 2.39. The molecule has 3 nitrogen and oxygen atoms in total. The minimum atomic E-state index is 0.145. The lowest BCUT2D eigenvalue weighted by atomic mass is 10.1. The summed E-state index contributed by atoms with van der Waals surface area (Å²) >= 11 is 5.95. The van der Waals surface area contributed by atoms with Crippen molar-refractivity contribution in [2.45, 2.75) is 20.3 Å². The first kappa shape index (κ1) is 11.9. The van der Waals surface area contributed by atoms with E-state index in [1.165, 1.54) is 0 Å². The van der Waals surface area contributed by atoms with Crippen molar-refractivity contribution in [3.63, 3.8) is 0 Å². The Morgan fingerprint density at radius 2 is 2.00 bits per heavy atom. The summed E-state index contributed by atoms with van der Waals surface area (Å²) in [5.41, 5.74) is 2.42. The van der Waals surface area contributed by atoms with Crippen LogP contribution in [0.15, 0.2) is 30.5 Å². The summed E-state index contributed by atoms with van der Waals surface area (Å²) in [7, 11) is 0. The third-order valence-electron chi connectivity index (χ3n) is 2.61. The number of hydrogen-bond acceptors (Lipinski definition) is 2. The van der Waals surface area contributed by atoms with Gasteiger partial charge in [-0.1, -0.05) is 18.5 Å². The van der Waals surface area contributed by atoms with Gasteiger partial charge in [-0.25, -0.2) is 4.68 Å². The molecule has 1 aromatic carbocycles. The fraction of sp³-hybridized carbons (Fsp3) is 0.231. The Hall–Kier alpha value is -1.61. The third-order valence-corrected chi connectivity index (χ3v) is 2.99. The molecule has 0 aliphatic rings. The lowest BCUT2D eigenvalue weighted by Gasteiger charge is -2.02.